The van der Waals surface area contributed by atoms with Gasteiger partial charge in [0.05, 0.1) is 7.11 Å². The molecular weight excluding hydrogens is 590 g/mol. The van der Waals surface area contributed by atoms with Crippen molar-refractivity contribution in [3.63, 3.8) is 0 Å². The molecular formula is C44H59NO3. The van der Waals surface area contributed by atoms with Gasteiger partial charge in [0, 0.05) is 16.8 Å². The number of ether oxygens (including phenoxy) is 2. The van der Waals surface area contributed by atoms with E-state index in [2.05, 4.69) is 63.9 Å². The summed E-state index contributed by atoms with van der Waals surface area (Å²) < 4.78 is 11.2. The van der Waals surface area contributed by atoms with Crippen molar-refractivity contribution in [3.8, 4) is 17.6 Å². The van der Waals surface area contributed by atoms with E-state index in [4.69, 9.17) is 9.47 Å². The molecule has 0 saturated heterocycles. The zero-order valence-electron chi connectivity index (χ0n) is 30.4. The number of hydrogen-bond acceptors (Lipinski definition) is 3. The Bertz CT molecular complexity index is 1500. The van der Waals surface area contributed by atoms with Gasteiger partial charge in [-0.15, -0.1) is 0 Å². The summed E-state index contributed by atoms with van der Waals surface area (Å²) in [5, 5.41) is 2.90. The van der Waals surface area contributed by atoms with E-state index in [0.717, 1.165) is 59.7 Å². The minimum atomic E-state index is -0.426. The summed E-state index contributed by atoms with van der Waals surface area (Å²) in [5.41, 5.74) is 4.84. The molecule has 1 amide bonds. The van der Waals surface area contributed by atoms with Gasteiger partial charge in [0.25, 0.3) is 0 Å². The second-order valence-electron chi connectivity index (χ2n) is 16.7. The summed E-state index contributed by atoms with van der Waals surface area (Å²) in [5.74, 6) is 13.3. The van der Waals surface area contributed by atoms with Gasteiger partial charge in [-0.25, -0.2) is 4.79 Å². The third-order valence-electron chi connectivity index (χ3n) is 13.6. The van der Waals surface area contributed by atoms with E-state index in [9.17, 15) is 4.79 Å². The molecule has 6 rings (SSSR count). The Hall–Kier alpha value is -3.19. The standard InChI is InChI=1S/C44H59NO3/c1-30(2)11-10-12-31(3)39-23-24-40-38-22-17-35-27-33(16-15-32-13-8-7-9-14-32)34(28-44(35,5)41(38)25-26-43(39,40)4)29-48-42(46)45-36-18-20-37(47-6)21-19-36/h7-9,13-14,18-21,30-31,35,38-41H,10-12,17,22-29H2,1-6H3,(H,45,46)/t31-,35+,38+,39-,40+,41+,43-,44+/m1/s1. The van der Waals surface area contributed by atoms with E-state index in [1.54, 1.807) is 7.11 Å². The predicted molar refractivity (Wildman–Crippen MR) is 197 cm³/mol. The highest BCUT2D eigenvalue weighted by molar-refractivity contribution is 5.84. The van der Waals surface area contributed by atoms with Gasteiger partial charge < -0.3 is 9.47 Å². The van der Waals surface area contributed by atoms with E-state index in [1.165, 1.54) is 68.9 Å². The molecule has 4 nitrogen and oxygen atoms in total. The van der Waals surface area contributed by atoms with Gasteiger partial charge in [-0.2, -0.15) is 0 Å². The highest BCUT2D eigenvalue weighted by atomic mass is 16.5. The van der Waals surface area contributed by atoms with Crippen LogP contribution in [0.15, 0.2) is 65.7 Å². The molecule has 4 heteroatoms. The van der Waals surface area contributed by atoms with Crippen LogP contribution in [0.1, 0.15) is 111 Å². The van der Waals surface area contributed by atoms with Crippen molar-refractivity contribution in [1.82, 2.24) is 0 Å². The van der Waals surface area contributed by atoms with Crippen molar-refractivity contribution >= 4 is 11.8 Å². The van der Waals surface area contributed by atoms with Crippen molar-refractivity contribution in [2.75, 3.05) is 19.0 Å². The highest BCUT2D eigenvalue weighted by Gasteiger charge is 2.60. The fraction of sp³-hybridized carbons (Fsp3) is 0.614. The van der Waals surface area contributed by atoms with E-state index in [1.807, 2.05) is 42.5 Å². The Morgan fingerprint density at radius 1 is 0.896 bits per heavy atom. The zero-order valence-corrected chi connectivity index (χ0v) is 30.4. The molecule has 0 aromatic heterocycles. The van der Waals surface area contributed by atoms with Crippen molar-refractivity contribution in [2.24, 2.45) is 52.3 Å². The second kappa shape index (κ2) is 14.7. The number of methoxy groups -OCH3 is 1. The van der Waals surface area contributed by atoms with Crippen LogP contribution in [0, 0.1) is 64.1 Å². The minimum absolute atomic E-state index is 0.217. The Morgan fingerprint density at radius 3 is 2.38 bits per heavy atom. The number of rotatable bonds is 9. The van der Waals surface area contributed by atoms with Crippen LogP contribution in [0.4, 0.5) is 10.5 Å². The smallest absolute Gasteiger partial charge is 0.411 e. The molecule has 48 heavy (non-hydrogen) atoms. The molecule has 4 aliphatic rings. The summed E-state index contributed by atoms with van der Waals surface area (Å²) >= 11 is 0. The van der Waals surface area contributed by atoms with E-state index in [-0.39, 0.29) is 12.0 Å². The Morgan fingerprint density at radius 2 is 1.65 bits per heavy atom. The lowest BCUT2D eigenvalue weighted by Crippen LogP contribution is -2.53. The van der Waals surface area contributed by atoms with E-state index < -0.39 is 6.09 Å². The van der Waals surface area contributed by atoms with Gasteiger partial charge in [-0.3, -0.25) is 5.32 Å². The first kappa shape index (κ1) is 34.7. The van der Waals surface area contributed by atoms with Gasteiger partial charge in [-0.05, 0) is 146 Å². The van der Waals surface area contributed by atoms with Crippen molar-refractivity contribution in [2.45, 2.75) is 105 Å². The third-order valence-corrected chi connectivity index (χ3v) is 13.6. The van der Waals surface area contributed by atoms with Crippen LogP contribution in [0.5, 0.6) is 5.75 Å². The highest BCUT2D eigenvalue weighted by Crippen LogP contribution is 2.68. The second-order valence-corrected chi connectivity index (χ2v) is 16.7. The maximum absolute atomic E-state index is 13.0. The predicted octanol–water partition coefficient (Wildman–Crippen LogP) is 11.3. The average Bonchev–Trinajstić information content (AvgIpc) is 3.44. The molecule has 0 bridgehead atoms. The van der Waals surface area contributed by atoms with Gasteiger partial charge in [0.2, 0.25) is 0 Å². The topological polar surface area (TPSA) is 47.6 Å². The van der Waals surface area contributed by atoms with Crippen LogP contribution in [-0.2, 0) is 4.74 Å². The Labute approximate surface area is 290 Å². The fourth-order valence-electron chi connectivity index (χ4n) is 11.1. The monoisotopic (exact) mass is 649 g/mol. The zero-order chi connectivity index (χ0) is 33.9. The van der Waals surface area contributed by atoms with Crippen LogP contribution in [-0.4, -0.2) is 19.8 Å². The molecule has 0 heterocycles. The Balaban J connectivity index is 1.20. The summed E-state index contributed by atoms with van der Waals surface area (Å²) in [6.07, 6.45) is 13.9. The molecule has 8 atom stereocenters. The lowest BCUT2D eigenvalue weighted by Gasteiger charge is -2.61. The molecule has 0 unspecified atom stereocenters. The van der Waals surface area contributed by atoms with Crippen LogP contribution in [0.2, 0.25) is 0 Å². The first-order valence-electron chi connectivity index (χ1n) is 19.0. The van der Waals surface area contributed by atoms with Crippen molar-refractivity contribution in [3.05, 3.63) is 71.3 Å². The number of hydrogen-bond donors (Lipinski definition) is 1. The lowest BCUT2D eigenvalue weighted by atomic mass is 9.44. The lowest BCUT2D eigenvalue weighted by molar-refractivity contribution is -0.103. The van der Waals surface area contributed by atoms with Crippen LogP contribution in [0.3, 0.4) is 0 Å². The van der Waals surface area contributed by atoms with E-state index >= 15 is 0 Å². The molecule has 3 fully saturated rings. The third kappa shape index (κ3) is 7.22. The molecule has 3 saturated carbocycles. The minimum Gasteiger partial charge on any atom is -0.497 e. The normalized spacial score (nSPS) is 31.5. The number of benzene rings is 2. The average molecular weight is 650 g/mol. The van der Waals surface area contributed by atoms with Gasteiger partial charge in [0.1, 0.15) is 12.4 Å². The van der Waals surface area contributed by atoms with Crippen LogP contribution >= 0.6 is 0 Å². The number of anilines is 1. The van der Waals surface area contributed by atoms with Gasteiger partial charge in [0.15, 0.2) is 0 Å². The summed E-state index contributed by atoms with van der Waals surface area (Å²) in [4.78, 5) is 13.0. The number of carbonyl (C=O) groups excluding carboxylic acids is 1. The molecule has 0 spiro atoms. The molecule has 258 valence electrons. The number of carbonyl (C=O) groups is 1. The molecule has 4 aliphatic carbocycles. The SMILES string of the molecule is COc1ccc(NC(=O)OCC2=C(C#Cc3ccccc3)C[C@@H]3CC[C@@H]4[C@H](CC[C@]5(C)[C@@H]([C@H](C)CCCC(C)C)CC[C@@H]45)[C@@]3(C)C2)cc1. The Kier molecular flexibility index (Phi) is 10.6. The van der Waals surface area contributed by atoms with E-state index in [0.29, 0.717) is 17.0 Å². The molecule has 2 aromatic carbocycles. The maximum atomic E-state index is 13.0. The molecule has 1 N–H and O–H groups in total. The summed E-state index contributed by atoms with van der Waals surface area (Å²) in [7, 11) is 1.64. The fourth-order valence-corrected chi connectivity index (χ4v) is 11.1. The van der Waals surface area contributed by atoms with Crippen molar-refractivity contribution < 1.29 is 14.3 Å². The first-order chi connectivity index (χ1) is 23.1. The van der Waals surface area contributed by atoms with Crippen LogP contribution in [0.25, 0.3) is 0 Å². The number of allylic oxidation sites excluding steroid dienone is 1. The summed E-state index contributed by atoms with van der Waals surface area (Å²) in [6.45, 7) is 12.9. The van der Waals surface area contributed by atoms with Crippen molar-refractivity contribution in [1.29, 1.82) is 0 Å². The van der Waals surface area contributed by atoms with Gasteiger partial charge >= 0.3 is 6.09 Å². The first-order valence-corrected chi connectivity index (χ1v) is 19.0. The number of amides is 1. The van der Waals surface area contributed by atoms with Gasteiger partial charge in [-0.1, -0.05) is 83.9 Å². The quantitative estimate of drug-likeness (QED) is 0.275. The maximum Gasteiger partial charge on any atom is 0.411 e. The summed E-state index contributed by atoms with van der Waals surface area (Å²) in [6, 6.07) is 17.6. The van der Waals surface area contributed by atoms with Crippen LogP contribution < -0.4 is 10.1 Å². The largest absolute Gasteiger partial charge is 0.497 e. The number of fused-ring (bicyclic) bond motifs is 5. The number of nitrogens with one attached hydrogen (secondary N) is 1. The molecule has 0 radical (unpaired) electrons. The molecule has 0 aliphatic heterocycles. The molecule has 2 aromatic rings.